The third-order valence-corrected chi connectivity index (χ3v) is 4.19. The lowest BCUT2D eigenvalue weighted by atomic mass is 10.0. The molecule has 0 radical (unpaired) electrons. The van der Waals surface area contributed by atoms with E-state index in [1.165, 1.54) is 11.3 Å². The smallest absolute Gasteiger partial charge is 0.251 e. The fraction of sp³-hybridized carbons (Fsp3) is 0.190. The van der Waals surface area contributed by atoms with Crippen LogP contribution in [0.3, 0.4) is 0 Å². The van der Waals surface area contributed by atoms with Crippen molar-refractivity contribution in [2.24, 2.45) is 0 Å². The first kappa shape index (κ1) is 16.1. The Hall–Kier alpha value is -2.81. The van der Waals surface area contributed by atoms with Crippen molar-refractivity contribution in [1.82, 2.24) is 10.3 Å². The Labute approximate surface area is 142 Å². The number of hydrogen-bond donors (Lipinski definition) is 2. The highest BCUT2D eigenvalue weighted by Crippen LogP contribution is 2.19. The number of aromatic amines is 1. The van der Waals surface area contributed by atoms with Gasteiger partial charge >= 0.3 is 0 Å². The molecular weight excluding hydrogens is 296 g/mol. The summed E-state index contributed by atoms with van der Waals surface area (Å²) >= 11 is 0. The monoisotopic (exact) mass is 318 g/mol. The van der Waals surface area contributed by atoms with Crippen molar-refractivity contribution < 1.29 is 4.79 Å². The number of aryl methyl sites for hydroxylation is 2. The van der Waals surface area contributed by atoms with Gasteiger partial charge < -0.3 is 10.3 Å². The molecule has 1 heterocycles. The maximum absolute atomic E-state index is 12.3. The van der Waals surface area contributed by atoms with E-state index in [1.807, 2.05) is 49.4 Å². The number of carbonyl (C=O) groups is 1. The van der Waals surface area contributed by atoms with Crippen LogP contribution in [0.25, 0.3) is 11.1 Å². The van der Waals surface area contributed by atoms with Gasteiger partial charge in [-0.25, -0.2) is 0 Å². The third kappa shape index (κ3) is 3.74. The molecule has 0 atom stereocenters. The Balaban J connectivity index is 1.58. The van der Waals surface area contributed by atoms with Crippen molar-refractivity contribution in [2.75, 3.05) is 6.54 Å². The average molecular weight is 318 g/mol. The summed E-state index contributed by atoms with van der Waals surface area (Å²) in [5, 5.41) is 2.99. The second kappa shape index (κ2) is 7.18. The van der Waals surface area contributed by atoms with Crippen molar-refractivity contribution >= 4 is 5.91 Å². The van der Waals surface area contributed by atoms with Gasteiger partial charge in [0.1, 0.15) is 0 Å². The summed E-state index contributed by atoms with van der Waals surface area (Å²) in [6.07, 6.45) is 0.837. The van der Waals surface area contributed by atoms with Gasteiger partial charge in [-0.15, -0.1) is 0 Å². The van der Waals surface area contributed by atoms with E-state index in [0.717, 1.165) is 23.2 Å². The largest absolute Gasteiger partial charge is 0.362 e. The summed E-state index contributed by atoms with van der Waals surface area (Å²) in [5.74, 6) is -0.0282. The van der Waals surface area contributed by atoms with Crippen LogP contribution < -0.4 is 5.32 Å². The van der Waals surface area contributed by atoms with Gasteiger partial charge in [-0.1, -0.05) is 42.5 Å². The number of H-pyrrole nitrogens is 1. The van der Waals surface area contributed by atoms with Gasteiger partial charge in [-0.05, 0) is 55.2 Å². The van der Waals surface area contributed by atoms with Crippen LogP contribution in [-0.2, 0) is 6.42 Å². The Morgan fingerprint density at radius 2 is 1.62 bits per heavy atom. The van der Waals surface area contributed by atoms with Crippen LogP contribution in [0.15, 0.2) is 60.7 Å². The van der Waals surface area contributed by atoms with Gasteiger partial charge in [-0.2, -0.15) is 0 Å². The van der Waals surface area contributed by atoms with E-state index in [0.29, 0.717) is 12.1 Å². The zero-order valence-electron chi connectivity index (χ0n) is 14.1. The zero-order chi connectivity index (χ0) is 16.9. The average Bonchev–Trinajstić information content (AvgIpc) is 2.93. The first-order chi connectivity index (χ1) is 11.6. The summed E-state index contributed by atoms with van der Waals surface area (Å²) in [4.78, 5) is 15.5. The molecule has 0 bridgehead atoms. The molecule has 0 saturated carbocycles. The second-order valence-corrected chi connectivity index (χ2v) is 6.05. The normalized spacial score (nSPS) is 10.6. The lowest BCUT2D eigenvalue weighted by Crippen LogP contribution is -2.25. The number of aromatic nitrogens is 1. The third-order valence-electron chi connectivity index (χ3n) is 4.19. The van der Waals surface area contributed by atoms with Gasteiger partial charge in [0.05, 0.1) is 0 Å². The van der Waals surface area contributed by atoms with E-state index in [-0.39, 0.29) is 5.91 Å². The van der Waals surface area contributed by atoms with Crippen molar-refractivity contribution in [1.29, 1.82) is 0 Å². The summed E-state index contributed by atoms with van der Waals surface area (Å²) < 4.78 is 0. The molecule has 3 heteroatoms. The van der Waals surface area contributed by atoms with Crippen LogP contribution in [0, 0.1) is 13.8 Å². The first-order valence-electron chi connectivity index (χ1n) is 8.22. The highest BCUT2D eigenvalue weighted by molar-refractivity contribution is 5.94. The lowest BCUT2D eigenvalue weighted by molar-refractivity contribution is 0.0954. The molecule has 3 aromatic rings. The van der Waals surface area contributed by atoms with Crippen LogP contribution in [0.2, 0.25) is 0 Å². The maximum atomic E-state index is 12.3. The summed E-state index contributed by atoms with van der Waals surface area (Å²) in [6, 6.07) is 20.0. The van der Waals surface area contributed by atoms with Crippen LogP contribution in [-0.4, -0.2) is 17.4 Å². The van der Waals surface area contributed by atoms with Gasteiger partial charge in [0.15, 0.2) is 0 Å². The van der Waals surface area contributed by atoms with E-state index in [1.54, 1.807) is 0 Å². The molecule has 2 aromatic carbocycles. The van der Waals surface area contributed by atoms with E-state index < -0.39 is 0 Å². The highest BCUT2D eigenvalue weighted by atomic mass is 16.1. The van der Waals surface area contributed by atoms with Crippen molar-refractivity contribution in [3.8, 4) is 11.1 Å². The second-order valence-electron chi connectivity index (χ2n) is 6.05. The molecule has 0 spiro atoms. The standard InChI is InChI=1S/C21H22N2O/c1-15-14-20(16(2)23-15)12-13-22-21(24)19-10-8-18(9-11-19)17-6-4-3-5-7-17/h3-11,14,23H,12-13H2,1-2H3,(H,22,24). The molecule has 0 unspecified atom stereocenters. The van der Waals surface area contributed by atoms with Crippen molar-refractivity contribution in [3.05, 3.63) is 83.2 Å². The molecule has 0 fully saturated rings. The van der Waals surface area contributed by atoms with Gasteiger partial charge in [-0.3, -0.25) is 4.79 Å². The molecule has 0 aliphatic rings. The first-order valence-corrected chi connectivity index (χ1v) is 8.22. The Morgan fingerprint density at radius 1 is 0.958 bits per heavy atom. The van der Waals surface area contributed by atoms with Crippen LogP contribution in [0.1, 0.15) is 27.3 Å². The summed E-state index contributed by atoms with van der Waals surface area (Å²) in [7, 11) is 0. The lowest BCUT2D eigenvalue weighted by Gasteiger charge is -2.07. The van der Waals surface area contributed by atoms with Crippen LogP contribution in [0.4, 0.5) is 0 Å². The Bertz CT molecular complexity index is 817. The van der Waals surface area contributed by atoms with Crippen molar-refractivity contribution in [2.45, 2.75) is 20.3 Å². The Morgan fingerprint density at radius 3 is 2.25 bits per heavy atom. The molecule has 122 valence electrons. The number of hydrogen-bond acceptors (Lipinski definition) is 1. The Kier molecular flexibility index (Phi) is 4.80. The number of rotatable bonds is 5. The van der Waals surface area contributed by atoms with E-state index in [2.05, 4.69) is 35.4 Å². The molecule has 1 aromatic heterocycles. The van der Waals surface area contributed by atoms with E-state index in [9.17, 15) is 4.79 Å². The minimum Gasteiger partial charge on any atom is -0.362 e. The number of carbonyl (C=O) groups excluding carboxylic acids is 1. The number of nitrogens with one attached hydrogen (secondary N) is 2. The molecule has 3 nitrogen and oxygen atoms in total. The van der Waals surface area contributed by atoms with Crippen LogP contribution >= 0.6 is 0 Å². The molecular formula is C21H22N2O. The highest BCUT2D eigenvalue weighted by Gasteiger charge is 2.07. The minimum absolute atomic E-state index is 0.0282. The summed E-state index contributed by atoms with van der Waals surface area (Å²) in [6.45, 7) is 4.74. The predicted molar refractivity (Wildman–Crippen MR) is 98.2 cm³/mol. The molecule has 0 aliphatic carbocycles. The molecule has 0 aliphatic heterocycles. The molecule has 0 saturated heterocycles. The maximum Gasteiger partial charge on any atom is 0.251 e. The van der Waals surface area contributed by atoms with E-state index in [4.69, 9.17) is 0 Å². The van der Waals surface area contributed by atoms with Crippen LogP contribution in [0.5, 0.6) is 0 Å². The molecule has 3 rings (SSSR count). The number of amides is 1. The number of benzene rings is 2. The molecule has 2 N–H and O–H groups in total. The predicted octanol–water partition coefficient (Wildman–Crippen LogP) is 4.27. The zero-order valence-corrected chi connectivity index (χ0v) is 14.1. The fourth-order valence-corrected chi connectivity index (χ4v) is 2.90. The SMILES string of the molecule is Cc1cc(CCNC(=O)c2ccc(-c3ccccc3)cc2)c(C)[nH]1. The minimum atomic E-state index is -0.0282. The van der Waals surface area contributed by atoms with Gasteiger partial charge in [0.25, 0.3) is 5.91 Å². The van der Waals surface area contributed by atoms with E-state index >= 15 is 0 Å². The van der Waals surface area contributed by atoms with Gasteiger partial charge in [0, 0.05) is 23.5 Å². The molecule has 1 amide bonds. The molecule has 24 heavy (non-hydrogen) atoms. The summed E-state index contributed by atoms with van der Waals surface area (Å²) in [5.41, 5.74) is 6.55. The van der Waals surface area contributed by atoms with Crippen molar-refractivity contribution in [3.63, 3.8) is 0 Å². The van der Waals surface area contributed by atoms with Gasteiger partial charge in [0.2, 0.25) is 0 Å². The topological polar surface area (TPSA) is 44.9 Å². The quantitative estimate of drug-likeness (QED) is 0.725. The fourth-order valence-electron chi connectivity index (χ4n) is 2.90.